The van der Waals surface area contributed by atoms with E-state index in [0.717, 1.165) is 16.9 Å². The van der Waals surface area contributed by atoms with Gasteiger partial charge >= 0.3 is 0 Å². The first-order chi connectivity index (χ1) is 8.50. The lowest BCUT2D eigenvalue weighted by molar-refractivity contribution is 0.363. The summed E-state index contributed by atoms with van der Waals surface area (Å²) in [5.41, 5.74) is 8.44. The Balaban J connectivity index is 2.26. The quantitative estimate of drug-likeness (QED) is 0.891. The third kappa shape index (κ3) is 2.72. The lowest BCUT2D eigenvalue weighted by Gasteiger charge is -2.40. The SMILES string of the molecule is CC1CCCN(c2ccc([C@H](C)N)c(Br)c2)C1C. The fraction of sp³-hybridized carbons (Fsp3) is 0.600. The lowest BCUT2D eigenvalue weighted by atomic mass is 9.91. The normalized spacial score (nSPS) is 26.2. The standard InChI is InChI=1S/C15H23BrN2/c1-10-5-4-8-18(12(10)3)13-6-7-14(11(2)17)15(16)9-13/h6-7,9-12H,4-5,8,17H2,1-3H3/t10?,11-,12?/m0/s1. The van der Waals surface area contributed by atoms with Crippen molar-refractivity contribution in [2.75, 3.05) is 11.4 Å². The van der Waals surface area contributed by atoms with Gasteiger partial charge in [-0.25, -0.2) is 0 Å². The third-order valence-electron chi connectivity index (χ3n) is 4.18. The van der Waals surface area contributed by atoms with Crippen LogP contribution in [0, 0.1) is 5.92 Å². The van der Waals surface area contributed by atoms with E-state index < -0.39 is 0 Å². The molecule has 1 heterocycles. The molecule has 0 saturated carbocycles. The Morgan fingerprint density at radius 2 is 2.11 bits per heavy atom. The maximum atomic E-state index is 5.95. The molecule has 2 rings (SSSR count). The van der Waals surface area contributed by atoms with Crippen LogP contribution in [0.15, 0.2) is 22.7 Å². The summed E-state index contributed by atoms with van der Waals surface area (Å²) in [4.78, 5) is 2.52. The molecule has 1 aliphatic rings. The molecular formula is C15H23BrN2. The Kier molecular flexibility index (Phi) is 4.33. The van der Waals surface area contributed by atoms with Crippen molar-refractivity contribution in [2.24, 2.45) is 11.7 Å². The zero-order chi connectivity index (χ0) is 13.3. The van der Waals surface area contributed by atoms with Crippen molar-refractivity contribution < 1.29 is 0 Å². The van der Waals surface area contributed by atoms with Gasteiger partial charge in [-0.3, -0.25) is 0 Å². The molecule has 0 aliphatic carbocycles. The van der Waals surface area contributed by atoms with Gasteiger partial charge in [0, 0.05) is 28.8 Å². The van der Waals surface area contributed by atoms with Crippen LogP contribution in [0.4, 0.5) is 5.69 Å². The summed E-state index contributed by atoms with van der Waals surface area (Å²) in [6, 6.07) is 7.26. The second-order valence-electron chi connectivity index (χ2n) is 5.55. The molecule has 1 aliphatic heterocycles. The van der Waals surface area contributed by atoms with Crippen molar-refractivity contribution in [3.05, 3.63) is 28.2 Å². The summed E-state index contributed by atoms with van der Waals surface area (Å²) in [5.74, 6) is 0.769. The molecule has 2 unspecified atom stereocenters. The van der Waals surface area contributed by atoms with Gasteiger partial charge in [0.2, 0.25) is 0 Å². The number of hydrogen-bond acceptors (Lipinski definition) is 2. The van der Waals surface area contributed by atoms with E-state index >= 15 is 0 Å². The average Bonchev–Trinajstić information content (AvgIpc) is 2.32. The molecule has 2 N–H and O–H groups in total. The molecule has 0 aromatic heterocycles. The first-order valence-corrected chi connectivity index (χ1v) is 7.61. The highest BCUT2D eigenvalue weighted by atomic mass is 79.9. The Morgan fingerprint density at radius 1 is 1.39 bits per heavy atom. The minimum atomic E-state index is 0.0751. The highest BCUT2D eigenvalue weighted by molar-refractivity contribution is 9.10. The Morgan fingerprint density at radius 3 is 2.72 bits per heavy atom. The van der Waals surface area contributed by atoms with E-state index in [-0.39, 0.29) is 6.04 Å². The smallest absolute Gasteiger partial charge is 0.0380 e. The van der Waals surface area contributed by atoms with Crippen molar-refractivity contribution in [3.8, 4) is 0 Å². The number of anilines is 1. The number of benzene rings is 1. The van der Waals surface area contributed by atoms with E-state index in [4.69, 9.17) is 5.73 Å². The van der Waals surface area contributed by atoms with Crippen LogP contribution in [0.5, 0.6) is 0 Å². The lowest BCUT2D eigenvalue weighted by Crippen LogP contribution is -2.42. The third-order valence-corrected chi connectivity index (χ3v) is 4.87. The van der Waals surface area contributed by atoms with Crippen LogP contribution in [0.3, 0.4) is 0 Å². The van der Waals surface area contributed by atoms with Crippen LogP contribution in [-0.4, -0.2) is 12.6 Å². The average molecular weight is 311 g/mol. The topological polar surface area (TPSA) is 29.3 Å². The van der Waals surface area contributed by atoms with Gasteiger partial charge in [-0.2, -0.15) is 0 Å². The predicted octanol–water partition coefficient (Wildman–Crippen LogP) is 4.09. The minimum Gasteiger partial charge on any atom is -0.369 e. The number of piperidine rings is 1. The molecule has 0 bridgehead atoms. The second kappa shape index (κ2) is 5.62. The van der Waals surface area contributed by atoms with Gasteiger partial charge in [-0.15, -0.1) is 0 Å². The minimum absolute atomic E-state index is 0.0751. The number of nitrogens with zero attached hydrogens (tertiary/aromatic N) is 1. The van der Waals surface area contributed by atoms with Crippen molar-refractivity contribution >= 4 is 21.6 Å². The zero-order valence-corrected chi connectivity index (χ0v) is 13.1. The van der Waals surface area contributed by atoms with E-state index in [9.17, 15) is 0 Å². The molecule has 100 valence electrons. The maximum Gasteiger partial charge on any atom is 0.0380 e. The van der Waals surface area contributed by atoms with Gasteiger partial charge in [-0.05, 0) is 50.3 Å². The molecular weight excluding hydrogens is 288 g/mol. The van der Waals surface area contributed by atoms with Crippen molar-refractivity contribution in [2.45, 2.75) is 45.7 Å². The largest absolute Gasteiger partial charge is 0.369 e. The highest BCUT2D eigenvalue weighted by Gasteiger charge is 2.25. The van der Waals surface area contributed by atoms with Crippen LogP contribution in [-0.2, 0) is 0 Å². The van der Waals surface area contributed by atoms with Crippen LogP contribution in [0.2, 0.25) is 0 Å². The highest BCUT2D eigenvalue weighted by Crippen LogP contribution is 2.32. The molecule has 0 radical (unpaired) electrons. The molecule has 3 atom stereocenters. The summed E-state index contributed by atoms with van der Waals surface area (Å²) >= 11 is 3.64. The van der Waals surface area contributed by atoms with Gasteiger partial charge in [0.15, 0.2) is 0 Å². The van der Waals surface area contributed by atoms with Crippen molar-refractivity contribution in [1.29, 1.82) is 0 Å². The number of nitrogens with two attached hydrogens (primary N) is 1. The summed E-state index contributed by atoms with van der Waals surface area (Å²) < 4.78 is 1.13. The summed E-state index contributed by atoms with van der Waals surface area (Å²) in [5, 5.41) is 0. The monoisotopic (exact) mass is 310 g/mol. The summed E-state index contributed by atoms with van der Waals surface area (Å²) in [6.45, 7) is 7.86. The van der Waals surface area contributed by atoms with Crippen LogP contribution >= 0.6 is 15.9 Å². The molecule has 1 saturated heterocycles. The molecule has 18 heavy (non-hydrogen) atoms. The fourth-order valence-corrected chi connectivity index (χ4v) is 3.49. The number of rotatable bonds is 2. The van der Waals surface area contributed by atoms with Crippen LogP contribution in [0.1, 0.15) is 45.2 Å². The van der Waals surface area contributed by atoms with E-state index in [1.165, 1.54) is 24.1 Å². The Labute approximate surface area is 119 Å². The molecule has 1 aromatic rings. The number of halogens is 1. The van der Waals surface area contributed by atoms with Crippen molar-refractivity contribution in [1.82, 2.24) is 0 Å². The van der Waals surface area contributed by atoms with Crippen LogP contribution in [0.25, 0.3) is 0 Å². The fourth-order valence-electron chi connectivity index (χ4n) is 2.76. The first-order valence-electron chi connectivity index (χ1n) is 6.82. The zero-order valence-electron chi connectivity index (χ0n) is 11.5. The first kappa shape index (κ1) is 13.9. The van der Waals surface area contributed by atoms with E-state index in [1.54, 1.807) is 0 Å². The van der Waals surface area contributed by atoms with Crippen LogP contribution < -0.4 is 10.6 Å². The van der Waals surface area contributed by atoms with Gasteiger partial charge in [0.1, 0.15) is 0 Å². The molecule has 0 amide bonds. The second-order valence-corrected chi connectivity index (χ2v) is 6.40. The van der Waals surface area contributed by atoms with E-state index in [2.05, 4.69) is 52.9 Å². The van der Waals surface area contributed by atoms with Gasteiger partial charge in [0.25, 0.3) is 0 Å². The van der Waals surface area contributed by atoms with Gasteiger partial charge in [-0.1, -0.05) is 28.9 Å². The molecule has 0 spiro atoms. The Bertz CT molecular complexity index is 417. The predicted molar refractivity (Wildman–Crippen MR) is 82.0 cm³/mol. The Hall–Kier alpha value is -0.540. The van der Waals surface area contributed by atoms with Crippen molar-refractivity contribution in [3.63, 3.8) is 0 Å². The molecule has 3 heteroatoms. The summed E-state index contributed by atoms with van der Waals surface area (Å²) in [7, 11) is 0. The molecule has 1 aromatic carbocycles. The number of hydrogen-bond donors (Lipinski definition) is 1. The van der Waals surface area contributed by atoms with E-state index in [1.807, 2.05) is 6.92 Å². The summed E-state index contributed by atoms with van der Waals surface area (Å²) in [6.07, 6.45) is 2.63. The molecule has 2 nitrogen and oxygen atoms in total. The maximum absolute atomic E-state index is 5.95. The van der Waals surface area contributed by atoms with E-state index in [0.29, 0.717) is 6.04 Å². The van der Waals surface area contributed by atoms with Gasteiger partial charge in [0.05, 0.1) is 0 Å². The molecule has 1 fully saturated rings. The van der Waals surface area contributed by atoms with Gasteiger partial charge < -0.3 is 10.6 Å².